The molecule has 2 aliphatic rings. The number of rotatable bonds is 6. The van der Waals surface area contributed by atoms with E-state index in [1.807, 2.05) is 25.1 Å². The molecule has 3 heterocycles. The molecular weight excluding hydrogens is 562 g/mol. The first-order valence-electron chi connectivity index (χ1n) is 12.8. The number of benzene rings is 3. The number of imide groups is 1. The first-order valence-corrected chi connectivity index (χ1v) is 14.5. The minimum absolute atomic E-state index is 0.0725. The number of thioether (sulfide) groups is 1. The summed E-state index contributed by atoms with van der Waals surface area (Å²) in [5, 5.41) is 12.7. The van der Waals surface area contributed by atoms with Crippen molar-refractivity contribution in [1.29, 1.82) is 0 Å². The highest BCUT2D eigenvalue weighted by molar-refractivity contribution is 8.00. The topological polar surface area (TPSA) is 118 Å². The summed E-state index contributed by atoms with van der Waals surface area (Å²) in [7, 11) is 1.42. The molecule has 1 aromatic heterocycles. The van der Waals surface area contributed by atoms with Gasteiger partial charge >= 0.3 is 4.87 Å². The van der Waals surface area contributed by atoms with Gasteiger partial charge in [0.25, 0.3) is 0 Å². The Bertz CT molecular complexity index is 1730. The second-order valence-electron chi connectivity index (χ2n) is 9.86. The molecule has 2 aliphatic heterocycles. The Labute approximate surface area is 243 Å². The number of amides is 3. The lowest BCUT2D eigenvalue weighted by Crippen LogP contribution is -2.33. The summed E-state index contributed by atoms with van der Waals surface area (Å²) >= 11 is 2.11. The van der Waals surface area contributed by atoms with Crippen molar-refractivity contribution in [3.8, 4) is 11.5 Å². The molecule has 4 aromatic rings. The zero-order chi connectivity index (χ0) is 28.8. The molecule has 1 fully saturated rings. The summed E-state index contributed by atoms with van der Waals surface area (Å²) in [5.74, 6) is -2.48. The predicted molar refractivity (Wildman–Crippen MR) is 157 cm³/mol. The highest BCUT2D eigenvalue weighted by atomic mass is 32.2. The lowest BCUT2D eigenvalue weighted by Gasteiger charge is -2.31. The molecule has 0 spiro atoms. The van der Waals surface area contributed by atoms with Crippen molar-refractivity contribution < 1.29 is 24.2 Å². The molecule has 208 valence electrons. The van der Waals surface area contributed by atoms with Crippen molar-refractivity contribution in [3.63, 3.8) is 0 Å². The van der Waals surface area contributed by atoms with Crippen LogP contribution in [0, 0.1) is 12.8 Å². The van der Waals surface area contributed by atoms with E-state index in [4.69, 9.17) is 4.74 Å². The predicted octanol–water partition coefficient (Wildman–Crippen LogP) is 4.37. The summed E-state index contributed by atoms with van der Waals surface area (Å²) < 4.78 is 6.70. The third-order valence-electron chi connectivity index (χ3n) is 7.26. The molecular formula is C30H25N3O6S2. The summed E-state index contributed by atoms with van der Waals surface area (Å²) in [6.45, 7) is 1.67. The number of nitrogens with zero attached hydrogens (tertiary/aromatic N) is 2. The summed E-state index contributed by atoms with van der Waals surface area (Å²) in [4.78, 5) is 55.5. The number of aryl methyl sites for hydroxylation is 1. The minimum atomic E-state index is -0.821. The lowest BCUT2D eigenvalue weighted by molar-refractivity contribution is -0.122. The van der Waals surface area contributed by atoms with Crippen LogP contribution in [0.1, 0.15) is 21.9 Å². The first-order chi connectivity index (χ1) is 19.8. The number of anilines is 2. The van der Waals surface area contributed by atoms with E-state index >= 15 is 0 Å². The highest BCUT2D eigenvalue weighted by Gasteiger charge is 2.57. The average molecular weight is 588 g/mol. The zero-order valence-electron chi connectivity index (χ0n) is 22.1. The number of methoxy groups -OCH3 is 1. The van der Waals surface area contributed by atoms with Crippen LogP contribution in [0.3, 0.4) is 0 Å². The number of carbonyl (C=O) groups excluding carboxylic acids is 3. The van der Waals surface area contributed by atoms with Crippen molar-refractivity contribution in [3.05, 3.63) is 98.5 Å². The molecule has 0 saturated carbocycles. The number of phenols is 1. The third kappa shape index (κ3) is 4.70. The second-order valence-corrected chi connectivity index (χ2v) is 12.0. The van der Waals surface area contributed by atoms with Crippen LogP contribution in [-0.2, 0) is 20.9 Å². The van der Waals surface area contributed by atoms with Gasteiger partial charge < -0.3 is 15.2 Å². The number of carbonyl (C=O) groups is 3. The number of ether oxygens (including phenoxy) is 1. The quantitative estimate of drug-likeness (QED) is 0.322. The standard InChI is InChI=1S/C30H25N3O6S2/c1-16-8-11-19(12-9-16)33-27(36)24-23(17-10-13-20(34)21(14-17)39-2)26-29(40-25(24)28(33)37)32(30(38)41-26)15-22(35)31-18-6-4-3-5-7-18/h3-14,23-25,34H,15H2,1-2H3,(H,31,35)/t23-,24?,25?/m0/s1. The molecule has 6 rings (SSSR count). The van der Waals surface area contributed by atoms with E-state index in [2.05, 4.69) is 5.32 Å². The van der Waals surface area contributed by atoms with Gasteiger partial charge in [0.05, 0.1) is 23.7 Å². The van der Waals surface area contributed by atoms with Gasteiger partial charge in [-0.15, -0.1) is 0 Å². The van der Waals surface area contributed by atoms with Crippen LogP contribution in [0.25, 0.3) is 0 Å². The Kier molecular flexibility index (Phi) is 6.92. The van der Waals surface area contributed by atoms with Crippen molar-refractivity contribution in [1.82, 2.24) is 4.57 Å². The van der Waals surface area contributed by atoms with Crippen LogP contribution in [-0.4, -0.2) is 39.8 Å². The number of fused-ring (bicyclic) bond motifs is 2. The molecule has 11 heteroatoms. The Morgan fingerprint density at radius 3 is 2.44 bits per heavy atom. The number of nitrogens with one attached hydrogen (secondary N) is 1. The summed E-state index contributed by atoms with van der Waals surface area (Å²) in [5.41, 5.74) is 2.69. The van der Waals surface area contributed by atoms with Crippen LogP contribution >= 0.6 is 23.1 Å². The van der Waals surface area contributed by atoms with Crippen molar-refractivity contribution in [2.24, 2.45) is 5.92 Å². The molecule has 1 saturated heterocycles. The van der Waals surface area contributed by atoms with Gasteiger partial charge in [0.1, 0.15) is 11.8 Å². The minimum Gasteiger partial charge on any atom is -0.504 e. The summed E-state index contributed by atoms with van der Waals surface area (Å²) in [6, 6.07) is 20.8. The maximum atomic E-state index is 14.0. The van der Waals surface area contributed by atoms with Crippen LogP contribution < -0.4 is 19.8 Å². The Hall–Kier alpha value is -4.35. The molecule has 0 radical (unpaired) electrons. The molecule has 3 aromatic carbocycles. The van der Waals surface area contributed by atoms with Crippen molar-refractivity contribution >= 4 is 52.2 Å². The molecule has 2 unspecified atom stereocenters. The van der Waals surface area contributed by atoms with E-state index in [-0.39, 0.29) is 40.6 Å². The average Bonchev–Trinajstić information content (AvgIpc) is 3.40. The Balaban J connectivity index is 1.44. The van der Waals surface area contributed by atoms with E-state index in [1.54, 1.807) is 48.5 Å². The fourth-order valence-corrected chi connectivity index (χ4v) is 8.09. The molecule has 9 nitrogen and oxygen atoms in total. The molecule has 41 heavy (non-hydrogen) atoms. The number of hydrogen-bond acceptors (Lipinski definition) is 8. The van der Waals surface area contributed by atoms with Gasteiger partial charge in [-0.05, 0) is 48.9 Å². The van der Waals surface area contributed by atoms with Crippen molar-refractivity contribution in [2.45, 2.75) is 29.7 Å². The second kappa shape index (κ2) is 10.6. The van der Waals surface area contributed by atoms with E-state index in [0.717, 1.165) is 28.7 Å². The van der Waals surface area contributed by atoms with Gasteiger partial charge in [-0.25, -0.2) is 4.90 Å². The van der Waals surface area contributed by atoms with Crippen LogP contribution in [0.5, 0.6) is 11.5 Å². The van der Waals surface area contributed by atoms with Crippen LogP contribution in [0.2, 0.25) is 0 Å². The molecule has 3 atom stereocenters. The third-order valence-corrected chi connectivity index (χ3v) is 9.87. The number of hydrogen-bond donors (Lipinski definition) is 2. The number of aromatic nitrogens is 1. The van der Waals surface area contributed by atoms with Crippen LogP contribution in [0.15, 0.2) is 82.6 Å². The number of para-hydroxylation sites is 1. The Morgan fingerprint density at radius 1 is 1.00 bits per heavy atom. The van der Waals surface area contributed by atoms with E-state index < -0.39 is 17.1 Å². The molecule has 2 N–H and O–H groups in total. The normalized spacial score (nSPS) is 19.6. The largest absolute Gasteiger partial charge is 0.504 e. The number of thiazole rings is 1. The van der Waals surface area contributed by atoms with Crippen molar-refractivity contribution in [2.75, 3.05) is 17.3 Å². The molecule has 3 amide bonds. The van der Waals surface area contributed by atoms with E-state index in [9.17, 15) is 24.3 Å². The fourth-order valence-electron chi connectivity index (χ4n) is 5.32. The molecule has 0 bridgehead atoms. The lowest BCUT2D eigenvalue weighted by atomic mass is 9.83. The maximum Gasteiger partial charge on any atom is 0.308 e. The maximum absolute atomic E-state index is 14.0. The first kappa shape index (κ1) is 26.9. The van der Waals surface area contributed by atoms with E-state index in [0.29, 0.717) is 26.8 Å². The van der Waals surface area contributed by atoms with Gasteiger partial charge in [-0.3, -0.25) is 23.7 Å². The monoisotopic (exact) mass is 587 g/mol. The Morgan fingerprint density at radius 2 is 1.73 bits per heavy atom. The van der Waals surface area contributed by atoms with Gasteiger partial charge in [-0.2, -0.15) is 0 Å². The van der Waals surface area contributed by atoms with Crippen LogP contribution in [0.4, 0.5) is 11.4 Å². The van der Waals surface area contributed by atoms with Gasteiger partial charge in [0, 0.05) is 16.5 Å². The van der Waals surface area contributed by atoms with Gasteiger partial charge in [0.15, 0.2) is 11.5 Å². The SMILES string of the molecule is COc1cc([C@@H]2c3sc(=O)n(CC(=O)Nc4ccccc4)c3SC3C(=O)N(c4ccc(C)cc4)C(=O)C32)ccc1O. The highest BCUT2D eigenvalue weighted by Crippen LogP contribution is 2.54. The molecule has 0 aliphatic carbocycles. The zero-order valence-corrected chi connectivity index (χ0v) is 23.7. The van der Waals surface area contributed by atoms with E-state index in [1.165, 1.54) is 22.6 Å². The van der Waals surface area contributed by atoms with Gasteiger partial charge in [-0.1, -0.05) is 65.1 Å². The number of aromatic hydroxyl groups is 1. The smallest absolute Gasteiger partial charge is 0.308 e. The summed E-state index contributed by atoms with van der Waals surface area (Å²) in [6.07, 6.45) is 0. The fraction of sp³-hybridized carbons (Fsp3) is 0.200. The van der Waals surface area contributed by atoms with Gasteiger partial charge in [0.2, 0.25) is 17.7 Å². The number of phenolic OH excluding ortho intramolecular Hbond substituents is 1.